The second-order valence-corrected chi connectivity index (χ2v) is 12.3. The highest BCUT2D eigenvalue weighted by Crippen LogP contribution is 2.64. The molecule has 5 atom stereocenters. The zero-order valence-corrected chi connectivity index (χ0v) is 20.9. The van der Waals surface area contributed by atoms with Crippen LogP contribution in [0.25, 0.3) is 0 Å². The van der Waals surface area contributed by atoms with Crippen molar-refractivity contribution in [2.45, 2.75) is 42.0 Å². The van der Waals surface area contributed by atoms with Gasteiger partial charge in [0, 0.05) is 26.2 Å². The molecular weight excluding hydrogens is 523 g/mol. The molecule has 6 rings (SSSR count). The number of anilines is 1. The molecular formula is C25H22BrFN2O2S2. The molecule has 0 spiro atoms. The molecule has 1 aliphatic heterocycles. The van der Waals surface area contributed by atoms with Crippen molar-refractivity contribution < 1.29 is 9.18 Å². The van der Waals surface area contributed by atoms with Gasteiger partial charge in [-0.25, -0.2) is 4.39 Å². The maximum Gasteiger partial charge on any atom is 0.308 e. The van der Waals surface area contributed by atoms with Gasteiger partial charge in [0.05, 0.1) is 5.03 Å². The van der Waals surface area contributed by atoms with Crippen LogP contribution >= 0.6 is 39.0 Å². The molecule has 170 valence electrons. The molecule has 2 saturated carbocycles. The molecule has 3 aromatic rings. The molecule has 8 heteroatoms. The number of thiazole rings is 1. The van der Waals surface area contributed by atoms with Gasteiger partial charge in [-0.1, -0.05) is 39.4 Å². The van der Waals surface area contributed by atoms with E-state index in [2.05, 4.69) is 45.5 Å². The second kappa shape index (κ2) is 8.40. The Morgan fingerprint density at radius 3 is 2.58 bits per heavy atom. The van der Waals surface area contributed by atoms with Crippen LogP contribution in [0.3, 0.4) is 0 Å². The topological polar surface area (TPSA) is 51.1 Å². The van der Waals surface area contributed by atoms with E-state index in [1.54, 1.807) is 4.57 Å². The fourth-order valence-corrected chi connectivity index (χ4v) is 9.42. The lowest BCUT2D eigenvalue weighted by atomic mass is 9.75. The first-order valence-electron chi connectivity index (χ1n) is 11.2. The molecule has 2 aromatic carbocycles. The molecule has 2 aliphatic carbocycles. The predicted molar refractivity (Wildman–Crippen MR) is 134 cm³/mol. The zero-order chi connectivity index (χ0) is 22.7. The maximum atomic E-state index is 13.2. The smallest absolute Gasteiger partial charge is 0.308 e. The maximum absolute atomic E-state index is 13.2. The minimum absolute atomic E-state index is 0.0341. The first-order chi connectivity index (χ1) is 16.0. The number of carbonyl (C=O) groups is 1. The highest BCUT2D eigenvalue weighted by molar-refractivity contribution is 9.10. The number of hydrogen-bond donors (Lipinski definition) is 1. The van der Waals surface area contributed by atoms with E-state index in [1.165, 1.54) is 60.4 Å². The van der Waals surface area contributed by atoms with Gasteiger partial charge in [0.15, 0.2) is 0 Å². The summed E-state index contributed by atoms with van der Waals surface area (Å²) in [6.45, 7) is -0.0341. The van der Waals surface area contributed by atoms with E-state index in [1.807, 2.05) is 11.8 Å². The van der Waals surface area contributed by atoms with Crippen LogP contribution in [0, 0.1) is 23.6 Å². The Labute approximate surface area is 207 Å². The monoisotopic (exact) mass is 544 g/mol. The molecule has 33 heavy (non-hydrogen) atoms. The summed E-state index contributed by atoms with van der Waals surface area (Å²) in [5.41, 5.74) is 1.78. The number of nitrogens with zero attached hydrogens (tertiary/aromatic N) is 1. The van der Waals surface area contributed by atoms with Crippen molar-refractivity contribution in [1.82, 2.24) is 4.57 Å². The van der Waals surface area contributed by atoms with E-state index in [0.717, 1.165) is 14.4 Å². The predicted octanol–water partition coefficient (Wildman–Crippen LogP) is 6.10. The second-order valence-electron chi connectivity index (χ2n) is 9.20. The van der Waals surface area contributed by atoms with Gasteiger partial charge in [0.1, 0.15) is 12.4 Å². The Kier molecular flexibility index (Phi) is 5.50. The first-order valence-corrected chi connectivity index (χ1v) is 13.7. The van der Waals surface area contributed by atoms with E-state index in [0.29, 0.717) is 28.7 Å². The SMILES string of the molecule is O=C(Cn1c2c(sc1=O)[C@@H](c1ccc(Br)cc1)C1C3CCC(C3)C1S2)Nc1ccc(F)cc1. The number of carbonyl (C=O) groups excluding carboxylic acids is 1. The van der Waals surface area contributed by atoms with Gasteiger partial charge in [-0.3, -0.25) is 14.2 Å². The number of thioether (sulfide) groups is 1. The summed E-state index contributed by atoms with van der Waals surface area (Å²) >= 11 is 6.66. The number of amides is 1. The number of aromatic nitrogens is 1. The van der Waals surface area contributed by atoms with Crippen LogP contribution in [-0.4, -0.2) is 15.7 Å². The molecule has 4 nitrogen and oxygen atoms in total. The third-order valence-electron chi connectivity index (χ3n) is 7.35. The van der Waals surface area contributed by atoms with Crippen LogP contribution in [0.15, 0.2) is 62.8 Å². The minimum atomic E-state index is -0.355. The quantitative estimate of drug-likeness (QED) is 0.431. The van der Waals surface area contributed by atoms with Crippen LogP contribution in [0.5, 0.6) is 0 Å². The summed E-state index contributed by atoms with van der Waals surface area (Å²) in [5.74, 6) is 1.51. The van der Waals surface area contributed by atoms with Crippen molar-refractivity contribution >= 4 is 50.6 Å². The Balaban J connectivity index is 1.36. The number of benzene rings is 2. The van der Waals surface area contributed by atoms with Crippen molar-refractivity contribution in [2.24, 2.45) is 17.8 Å². The lowest BCUT2D eigenvalue weighted by Gasteiger charge is -2.40. The molecule has 3 aliphatic rings. The summed E-state index contributed by atoms with van der Waals surface area (Å²) in [4.78, 5) is 26.9. The third-order valence-corrected chi connectivity index (χ3v) is 10.7. The molecule has 1 N–H and O–H groups in total. The summed E-state index contributed by atoms with van der Waals surface area (Å²) in [6.07, 6.45) is 3.82. The van der Waals surface area contributed by atoms with Crippen LogP contribution < -0.4 is 10.2 Å². The molecule has 2 heterocycles. The Morgan fingerprint density at radius 2 is 1.82 bits per heavy atom. The molecule has 2 bridgehead atoms. The lowest BCUT2D eigenvalue weighted by molar-refractivity contribution is -0.116. The van der Waals surface area contributed by atoms with E-state index in [4.69, 9.17) is 0 Å². The van der Waals surface area contributed by atoms with Crippen molar-refractivity contribution in [3.05, 3.63) is 78.9 Å². The van der Waals surface area contributed by atoms with Gasteiger partial charge in [0.2, 0.25) is 5.91 Å². The van der Waals surface area contributed by atoms with Crippen LogP contribution in [0.4, 0.5) is 10.1 Å². The fraction of sp³-hybridized carbons (Fsp3) is 0.360. The van der Waals surface area contributed by atoms with Gasteiger partial charge in [-0.2, -0.15) is 0 Å². The molecule has 4 unspecified atom stereocenters. The summed E-state index contributed by atoms with van der Waals surface area (Å²) in [7, 11) is 0. The van der Waals surface area contributed by atoms with E-state index < -0.39 is 0 Å². The summed E-state index contributed by atoms with van der Waals surface area (Å²) in [6, 6.07) is 14.2. The largest absolute Gasteiger partial charge is 0.325 e. The number of rotatable bonds is 4. The molecule has 1 aromatic heterocycles. The van der Waals surface area contributed by atoms with Crippen molar-refractivity contribution in [3.63, 3.8) is 0 Å². The standard InChI is InChI=1S/C25H22BrFN2O2S2/c26-16-5-3-13(4-6-16)20-21-14-1-2-15(11-14)22(21)32-24-23(20)33-25(31)29(24)12-19(30)28-18-9-7-17(27)8-10-18/h3-10,14-15,20-22H,1-2,11-12H2,(H,28,30)/t14?,15?,20-,21?,22?/m0/s1. The first kappa shape index (κ1) is 21.6. The van der Waals surface area contributed by atoms with Crippen molar-refractivity contribution in [2.75, 3.05) is 5.32 Å². The number of halogens is 2. The van der Waals surface area contributed by atoms with Gasteiger partial charge >= 0.3 is 4.87 Å². The van der Waals surface area contributed by atoms with Gasteiger partial charge in [-0.05, 0) is 79.0 Å². The van der Waals surface area contributed by atoms with E-state index in [-0.39, 0.29) is 29.1 Å². The van der Waals surface area contributed by atoms with Gasteiger partial charge in [0.25, 0.3) is 0 Å². The fourth-order valence-electron chi connectivity index (χ4n) is 6.01. The summed E-state index contributed by atoms with van der Waals surface area (Å²) < 4.78 is 15.9. The van der Waals surface area contributed by atoms with Crippen LogP contribution in [0.1, 0.15) is 35.6 Å². The van der Waals surface area contributed by atoms with Crippen LogP contribution in [0.2, 0.25) is 0 Å². The number of nitrogens with one attached hydrogen (secondary N) is 1. The Morgan fingerprint density at radius 1 is 1.09 bits per heavy atom. The van der Waals surface area contributed by atoms with Crippen LogP contribution in [-0.2, 0) is 11.3 Å². The van der Waals surface area contributed by atoms with Crippen molar-refractivity contribution in [3.8, 4) is 0 Å². The highest BCUT2D eigenvalue weighted by Gasteiger charge is 2.55. The third kappa shape index (κ3) is 3.80. The number of hydrogen-bond acceptors (Lipinski definition) is 4. The van der Waals surface area contributed by atoms with E-state index in [9.17, 15) is 14.0 Å². The number of fused-ring (bicyclic) bond motifs is 6. The average Bonchev–Trinajstić information content (AvgIpc) is 3.49. The summed E-state index contributed by atoms with van der Waals surface area (Å²) in [5, 5.41) is 4.24. The van der Waals surface area contributed by atoms with Gasteiger partial charge in [-0.15, -0.1) is 11.8 Å². The van der Waals surface area contributed by atoms with Crippen molar-refractivity contribution in [1.29, 1.82) is 0 Å². The van der Waals surface area contributed by atoms with E-state index >= 15 is 0 Å². The molecule has 0 saturated heterocycles. The highest BCUT2D eigenvalue weighted by atomic mass is 79.9. The molecule has 1 amide bonds. The Hall–Kier alpha value is -1.90. The lowest BCUT2D eigenvalue weighted by Crippen LogP contribution is -2.34. The zero-order valence-electron chi connectivity index (χ0n) is 17.7. The molecule has 2 fully saturated rings. The van der Waals surface area contributed by atoms with Gasteiger partial charge < -0.3 is 5.32 Å². The normalized spacial score (nSPS) is 27.3. The average molecular weight is 545 g/mol. The minimum Gasteiger partial charge on any atom is -0.325 e. The molecule has 0 radical (unpaired) electrons. The Bertz CT molecular complexity index is 1270.